The van der Waals surface area contributed by atoms with E-state index in [4.69, 9.17) is 10.9 Å². The SMILES string of the molecule is CCCN(CC)c1c(F)cc(C(N)=NO)cc1F. The van der Waals surface area contributed by atoms with E-state index in [2.05, 4.69) is 5.16 Å². The summed E-state index contributed by atoms with van der Waals surface area (Å²) in [7, 11) is 0. The maximum Gasteiger partial charge on any atom is 0.170 e. The molecule has 0 saturated heterocycles. The lowest BCUT2D eigenvalue weighted by Crippen LogP contribution is -2.26. The number of halogens is 2. The highest BCUT2D eigenvalue weighted by molar-refractivity contribution is 5.97. The van der Waals surface area contributed by atoms with Crippen molar-refractivity contribution in [3.63, 3.8) is 0 Å². The molecule has 0 aliphatic heterocycles. The normalized spacial score (nSPS) is 11.7. The standard InChI is InChI=1S/C12H17F2N3O/c1-3-5-17(4-2)11-9(13)6-8(7-10(11)14)12(15)16-18/h6-7,18H,3-5H2,1-2H3,(H2,15,16). The van der Waals surface area contributed by atoms with Crippen LogP contribution in [0.2, 0.25) is 0 Å². The summed E-state index contributed by atoms with van der Waals surface area (Å²) in [4.78, 5) is 1.61. The Balaban J connectivity index is 3.23. The predicted octanol–water partition coefficient (Wildman–Crippen LogP) is 2.30. The van der Waals surface area contributed by atoms with Crippen LogP contribution in [0.1, 0.15) is 25.8 Å². The van der Waals surface area contributed by atoms with Crippen LogP contribution in [0.5, 0.6) is 0 Å². The molecule has 0 aliphatic carbocycles. The first-order chi connectivity index (χ1) is 8.54. The monoisotopic (exact) mass is 257 g/mol. The lowest BCUT2D eigenvalue weighted by molar-refractivity contribution is 0.318. The number of hydrogen-bond acceptors (Lipinski definition) is 3. The molecule has 0 spiro atoms. The summed E-state index contributed by atoms with van der Waals surface area (Å²) >= 11 is 0. The van der Waals surface area contributed by atoms with Crippen LogP contribution in [-0.4, -0.2) is 24.1 Å². The van der Waals surface area contributed by atoms with Crippen LogP contribution in [0.25, 0.3) is 0 Å². The maximum atomic E-state index is 13.9. The van der Waals surface area contributed by atoms with Crippen molar-refractivity contribution in [1.29, 1.82) is 0 Å². The zero-order valence-electron chi connectivity index (χ0n) is 10.5. The van der Waals surface area contributed by atoms with E-state index >= 15 is 0 Å². The molecule has 0 saturated carbocycles. The van der Waals surface area contributed by atoms with E-state index in [0.29, 0.717) is 13.1 Å². The van der Waals surface area contributed by atoms with Gasteiger partial charge in [-0.15, -0.1) is 0 Å². The van der Waals surface area contributed by atoms with E-state index in [9.17, 15) is 8.78 Å². The third kappa shape index (κ3) is 2.88. The number of hydrogen-bond donors (Lipinski definition) is 2. The molecule has 1 aromatic rings. The molecule has 18 heavy (non-hydrogen) atoms. The number of anilines is 1. The van der Waals surface area contributed by atoms with Crippen molar-refractivity contribution in [3.8, 4) is 0 Å². The molecule has 6 heteroatoms. The molecule has 0 aliphatic rings. The minimum absolute atomic E-state index is 0.0174. The van der Waals surface area contributed by atoms with Crippen LogP contribution in [0, 0.1) is 11.6 Å². The van der Waals surface area contributed by atoms with Crippen molar-refractivity contribution in [2.45, 2.75) is 20.3 Å². The van der Waals surface area contributed by atoms with Gasteiger partial charge in [-0.25, -0.2) is 8.78 Å². The van der Waals surface area contributed by atoms with Gasteiger partial charge in [0.05, 0.1) is 0 Å². The molecule has 0 bridgehead atoms. The highest BCUT2D eigenvalue weighted by atomic mass is 19.1. The number of oxime groups is 1. The maximum absolute atomic E-state index is 13.9. The van der Waals surface area contributed by atoms with Gasteiger partial charge in [-0.2, -0.15) is 0 Å². The second-order valence-corrected chi connectivity index (χ2v) is 3.85. The van der Waals surface area contributed by atoms with Crippen LogP contribution in [0.3, 0.4) is 0 Å². The van der Waals surface area contributed by atoms with Gasteiger partial charge >= 0.3 is 0 Å². The Morgan fingerprint density at radius 3 is 2.28 bits per heavy atom. The number of amidine groups is 1. The summed E-state index contributed by atoms with van der Waals surface area (Å²) in [5, 5.41) is 11.2. The third-order valence-electron chi connectivity index (χ3n) is 2.61. The van der Waals surface area contributed by atoms with Gasteiger partial charge in [0.1, 0.15) is 17.3 Å². The summed E-state index contributed by atoms with van der Waals surface area (Å²) in [5.41, 5.74) is 5.24. The summed E-state index contributed by atoms with van der Waals surface area (Å²) < 4.78 is 27.8. The van der Waals surface area contributed by atoms with Crippen molar-refractivity contribution >= 4 is 11.5 Å². The molecular weight excluding hydrogens is 240 g/mol. The second-order valence-electron chi connectivity index (χ2n) is 3.85. The lowest BCUT2D eigenvalue weighted by Gasteiger charge is -2.23. The number of nitrogens with zero attached hydrogens (tertiary/aromatic N) is 2. The van der Waals surface area contributed by atoms with Gasteiger partial charge in [-0.1, -0.05) is 12.1 Å². The quantitative estimate of drug-likeness (QED) is 0.368. The van der Waals surface area contributed by atoms with Crippen molar-refractivity contribution in [3.05, 3.63) is 29.3 Å². The zero-order chi connectivity index (χ0) is 13.7. The second kappa shape index (κ2) is 6.18. The lowest BCUT2D eigenvalue weighted by atomic mass is 10.1. The van der Waals surface area contributed by atoms with Gasteiger partial charge < -0.3 is 15.8 Å². The molecule has 100 valence electrons. The molecule has 0 aromatic heterocycles. The molecule has 3 N–H and O–H groups in total. The smallest absolute Gasteiger partial charge is 0.170 e. The summed E-state index contributed by atoms with van der Waals surface area (Å²) in [6.07, 6.45) is 0.786. The number of nitrogens with two attached hydrogens (primary N) is 1. The van der Waals surface area contributed by atoms with E-state index in [1.165, 1.54) is 0 Å². The Morgan fingerprint density at radius 2 is 1.89 bits per heavy atom. The highest BCUT2D eigenvalue weighted by Crippen LogP contribution is 2.25. The van der Waals surface area contributed by atoms with Gasteiger partial charge in [0.2, 0.25) is 0 Å². The van der Waals surface area contributed by atoms with E-state index in [1.54, 1.807) is 4.90 Å². The molecule has 1 aromatic carbocycles. The molecule has 0 amide bonds. The highest BCUT2D eigenvalue weighted by Gasteiger charge is 2.17. The Morgan fingerprint density at radius 1 is 1.33 bits per heavy atom. The Kier molecular flexibility index (Phi) is 4.88. The van der Waals surface area contributed by atoms with Crippen molar-refractivity contribution in [2.24, 2.45) is 10.9 Å². The topological polar surface area (TPSA) is 61.8 Å². The van der Waals surface area contributed by atoms with E-state index in [0.717, 1.165) is 18.6 Å². The molecular formula is C12H17F2N3O. The van der Waals surface area contributed by atoms with Gasteiger partial charge in [-0.3, -0.25) is 0 Å². The molecule has 4 nitrogen and oxygen atoms in total. The third-order valence-corrected chi connectivity index (χ3v) is 2.61. The zero-order valence-corrected chi connectivity index (χ0v) is 10.5. The van der Waals surface area contributed by atoms with Gasteiger partial charge in [0.25, 0.3) is 0 Å². The van der Waals surface area contributed by atoms with Crippen LogP contribution in [0.15, 0.2) is 17.3 Å². The molecule has 0 atom stereocenters. The summed E-state index contributed by atoms with van der Waals surface area (Å²) in [6.45, 7) is 4.83. The first-order valence-electron chi connectivity index (χ1n) is 5.77. The fraction of sp³-hybridized carbons (Fsp3) is 0.417. The Labute approximate surface area is 105 Å². The van der Waals surface area contributed by atoms with Gasteiger partial charge in [0.15, 0.2) is 5.84 Å². The summed E-state index contributed by atoms with van der Waals surface area (Å²) in [6, 6.07) is 2.12. The van der Waals surface area contributed by atoms with E-state index in [-0.39, 0.29) is 17.1 Å². The van der Waals surface area contributed by atoms with Crippen LogP contribution in [-0.2, 0) is 0 Å². The molecule has 0 heterocycles. The largest absolute Gasteiger partial charge is 0.409 e. The number of rotatable bonds is 5. The summed E-state index contributed by atoms with van der Waals surface area (Å²) in [5.74, 6) is -1.75. The van der Waals surface area contributed by atoms with Crippen LogP contribution < -0.4 is 10.6 Å². The van der Waals surface area contributed by atoms with E-state index < -0.39 is 11.6 Å². The van der Waals surface area contributed by atoms with Gasteiger partial charge in [0, 0.05) is 18.7 Å². The van der Waals surface area contributed by atoms with E-state index in [1.807, 2.05) is 13.8 Å². The van der Waals surface area contributed by atoms with Crippen molar-refractivity contribution in [1.82, 2.24) is 0 Å². The average Bonchev–Trinajstić information content (AvgIpc) is 2.35. The van der Waals surface area contributed by atoms with Crippen molar-refractivity contribution < 1.29 is 14.0 Å². The first-order valence-corrected chi connectivity index (χ1v) is 5.77. The predicted molar refractivity (Wildman–Crippen MR) is 67.0 cm³/mol. The first kappa shape index (κ1) is 14.2. The average molecular weight is 257 g/mol. The Hall–Kier alpha value is -1.85. The minimum atomic E-state index is -0.716. The van der Waals surface area contributed by atoms with Gasteiger partial charge in [-0.05, 0) is 25.5 Å². The molecule has 0 fully saturated rings. The fourth-order valence-electron chi connectivity index (χ4n) is 1.77. The van der Waals surface area contributed by atoms with Crippen LogP contribution in [0.4, 0.5) is 14.5 Å². The minimum Gasteiger partial charge on any atom is -0.409 e. The molecule has 0 radical (unpaired) electrons. The van der Waals surface area contributed by atoms with Crippen molar-refractivity contribution in [2.75, 3.05) is 18.0 Å². The Bertz CT molecular complexity index is 426. The number of benzene rings is 1. The molecule has 0 unspecified atom stereocenters. The molecule has 1 rings (SSSR count). The van der Waals surface area contributed by atoms with Crippen LogP contribution >= 0.6 is 0 Å². The fourth-order valence-corrected chi connectivity index (χ4v) is 1.77.